The lowest BCUT2D eigenvalue weighted by Crippen LogP contribution is -2.09. The first-order valence-corrected chi connectivity index (χ1v) is 4.27. The van der Waals surface area contributed by atoms with E-state index in [2.05, 4.69) is 24.8 Å². The van der Waals surface area contributed by atoms with Crippen LogP contribution in [0.5, 0.6) is 0 Å². The highest BCUT2D eigenvalue weighted by molar-refractivity contribution is 5.28. The highest BCUT2D eigenvalue weighted by Gasteiger charge is 2.07. The molecule has 1 rings (SSSR count). The third-order valence-corrected chi connectivity index (χ3v) is 1.91. The van der Waals surface area contributed by atoms with Crippen molar-refractivity contribution in [2.45, 2.75) is 25.9 Å². The molecule has 1 heteroatoms. The SMILES string of the molecule is C=C(C)CC1=CC(OC)CC=C1. The minimum Gasteiger partial charge on any atom is -0.377 e. The third kappa shape index (κ3) is 2.67. The van der Waals surface area contributed by atoms with Gasteiger partial charge in [0.15, 0.2) is 0 Å². The largest absolute Gasteiger partial charge is 0.377 e. The monoisotopic (exact) mass is 164 g/mol. The fraction of sp³-hybridized carbons (Fsp3) is 0.455. The molecule has 0 aliphatic heterocycles. The Labute approximate surface area is 74.4 Å². The van der Waals surface area contributed by atoms with E-state index in [4.69, 9.17) is 4.74 Å². The second-order valence-electron chi connectivity index (χ2n) is 3.29. The van der Waals surface area contributed by atoms with Gasteiger partial charge in [-0.25, -0.2) is 0 Å². The molecule has 0 aromatic rings. The summed E-state index contributed by atoms with van der Waals surface area (Å²) in [4.78, 5) is 0. The maximum absolute atomic E-state index is 5.25. The van der Waals surface area contributed by atoms with Crippen LogP contribution in [0.3, 0.4) is 0 Å². The predicted octanol–water partition coefficient (Wildman–Crippen LogP) is 2.85. The Balaban J connectivity index is 2.57. The van der Waals surface area contributed by atoms with Gasteiger partial charge < -0.3 is 4.74 Å². The molecule has 0 heterocycles. The van der Waals surface area contributed by atoms with Gasteiger partial charge in [-0.1, -0.05) is 30.4 Å². The standard InChI is InChI=1S/C11H16O/c1-9(2)7-10-5-4-6-11(8-10)12-3/h4-5,8,11H,1,6-7H2,2-3H3. The average Bonchev–Trinajstić information content (AvgIpc) is 2.03. The predicted molar refractivity (Wildman–Crippen MR) is 52.1 cm³/mol. The molecule has 1 unspecified atom stereocenters. The van der Waals surface area contributed by atoms with Crippen molar-refractivity contribution >= 4 is 0 Å². The summed E-state index contributed by atoms with van der Waals surface area (Å²) < 4.78 is 5.25. The summed E-state index contributed by atoms with van der Waals surface area (Å²) in [7, 11) is 1.75. The Kier molecular flexibility index (Phi) is 3.30. The fourth-order valence-corrected chi connectivity index (χ4v) is 1.35. The lowest BCUT2D eigenvalue weighted by molar-refractivity contribution is 0.142. The highest BCUT2D eigenvalue weighted by atomic mass is 16.5. The first kappa shape index (κ1) is 9.27. The second kappa shape index (κ2) is 4.27. The number of hydrogen-bond donors (Lipinski definition) is 0. The number of methoxy groups -OCH3 is 1. The van der Waals surface area contributed by atoms with Crippen molar-refractivity contribution in [1.82, 2.24) is 0 Å². The molecule has 0 aromatic carbocycles. The van der Waals surface area contributed by atoms with E-state index in [0.717, 1.165) is 12.8 Å². The van der Waals surface area contributed by atoms with Crippen LogP contribution in [-0.4, -0.2) is 13.2 Å². The summed E-state index contributed by atoms with van der Waals surface area (Å²) in [6.07, 6.45) is 8.72. The molecular formula is C11H16O. The lowest BCUT2D eigenvalue weighted by Gasteiger charge is -2.14. The van der Waals surface area contributed by atoms with E-state index in [1.165, 1.54) is 11.1 Å². The topological polar surface area (TPSA) is 9.23 Å². The quantitative estimate of drug-likeness (QED) is 0.583. The molecule has 1 nitrogen and oxygen atoms in total. The van der Waals surface area contributed by atoms with E-state index in [1.807, 2.05) is 6.92 Å². The summed E-state index contributed by atoms with van der Waals surface area (Å²) in [6, 6.07) is 0. The van der Waals surface area contributed by atoms with Crippen molar-refractivity contribution in [2.24, 2.45) is 0 Å². The minimum absolute atomic E-state index is 0.268. The Morgan fingerprint density at radius 3 is 3.08 bits per heavy atom. The number of hydrogen-bond acceptors (Lipinski definition) is 1. The zero-order chi connectivity index (χ0) is 8.97. The molecule has 0 N–H and O–H groups in total. The van der Waals surface area contributed by atoms with Gasteiger partial charge in [-0.2, -0.15) is 0 Å². The van der Waals surface area contributed by atoms with Gasteiger partial charge in [0, 0.05) is 7.11 Å². The van der Waals surface area contributed by atoms with Gasteiger partial charge in [-0.3, -0.25) is 0 Å². The van der Waals surface area contributed by atoms with Crippen LogP contribution in [0.1, 0.15) is 19.8 Å². The summed E-state index contributed by atoms with van der Waals surface area (Å²) in [5.74, 6) is 0. The first-order valence-electron chi connectivity index (χ1n) is 4.27. The molecule has 0 aromatic heterocycles. The van der Waals surface area contributed by atoms with Crippen LogP contribution in [0.2, 0.25) is 0 Å². The van der Waals surface area contributed by atoms with Crippen LogP contribution >= 0.6 is 0 Å². The molecule has 0 radical (unpaired) electrons. The molecular weight excluding hydrogens is 148 g/mol. The average molecular weight is 164 g/mol. The van der Waals surface area contributed by atoms with Gasteiger partial charge in [0.25, 0.3) is 0 Å². The van der Waals surface area contributed by atoms with E-state index in [-0.39, 0.29) is 6.10 Å². The summed E-state index contributed by atoms with van der Waals surface area (Å²) in [5.41, 5.74) is 2.52. The van der Waals surface area contributed by atoms with Crippen molar-refractivity contribution in [3.8, 4) is 0 Å². The normalized spacial score (nSPS) is 22.2. The van der Waals surface area contributed by atoms with Crippen LogP contribution in [0.15, 0.2) is 36.0 Å². The molecule has 0 amide bonds. The maximum atomic E-state index is 5.25. The lowest BCUT2D eigenvalue weighted by atomic mass is 10.00. The smallest absolute Gasteiger partial charge is 0.0792 e. The Morgan fingerprint density at radius 1 is 1.75 bits per heavy atom. The summed E-state index contributed by atoms with van der Waals surface area (Å²) >= 11 is 0. The van der Waals surface area contributed by atoms with E-state index in [0.29, 0.717) is 0 Å². The fourth-order valence-electron chi connectivity index (χ4n) is 1.35. The molecule has 1 atom stereocenters. The Bertz CT molecular complexity index is 223. The van der Waals surface area contributed by atoms with Gasteiger partial charge in [-0.05, 0) is 25.3 Å². The number of allylic oxidation sites excluding steroid dienone is 3. The zero-order valence-corrected chi connectivity index (χ0v) is 7.84. The molecule has 0 saturated heterocycles. The number of ether oxygens (including phenoxy) is 1. The van der Waals surface area contributed by atoms with E-state index in [1.54, 1.807) is 7.11 Å². The summed E-state index contributed by atoms with van der Waals surface area (Å²) in [5, 5.41) is 0. The highest BCUT2D eigenvalue weighted by Crippen LogP contribution is 2.18. The molecule has 12 heavy (non-hydrogen) atoms. The van der Waals surface area contributed by atoms with Crippen molar-refractivity contribution in [3.05, 3.63) is 36.0 Å². The van der Waals surface area contributed by atoms with Crippen LogP contribution in [0, 0.1) is 0 Å². The maximum Gasteiger partial charge on any atom is 0.0792 e. The Morgan fingerprint density at radius 2 is 2.50 bits per heavy atom. The summed E-state index contributed by atoms with van der Waals surface area (Å²) in [6.45, 7) is 5.93. The minimum atomic E-state index is 0.268. The van der Waals surface area contributed by atoms with Gasteiger partial charge in [0.2, 0.25) is 0 Å². The van der Waals surface area contributed by atoms with Gasteiger partial charge >= 0.3 is 0 Å². The van der Waals surface area contributed by atoms with Crippen LogP contribution in [-0.2, 0) is 4.74 Å². The van der Waals surface area contributed by atoms with Crippen molar-refractivity contribution < 1.29 is 4.74 Å². The Hall–Kier alpha value is -0.820. The van der Waals surface area contributed by atoms with E-state index >= 15 is 0 Å². The van der Waals surface area contributed by atoms with E-state index < -0.39 is 0 Å². The number of rotatable bonds is 3. The van der Waals surface area contributed by atoms with Gasteiger partial charge in [0.1, 0.15) is 0 Å². The molecule has 1 aliphatic carbocycles. The molecule has 0 saturated carbocycles. The van der Waals surface area contributed by atoms with Crippen molar-refractivity contribution in [1.29, 1.82) is 0 Å². The van der Waals surface area contributed by atoms with Crippen LogP contribution in [0.25, 0.3) is 0 Å². The molecule has 1 aliphatic rings. The van der Waals surface area contributed by atoms with Crippen molar-refractivity contribution in [2.75, 3.05) is 7.11 Å². The molecule has 0 fully saturated rings. The second-order valence-corrected chi connectivity index (χ2v) is 3.29. The zero-order valence-electron chi connectivity index (χ0n) is 7.84. The first-order chi connectivity index (χ1) is 5.72. The van der Waals surface area contributed by atoms with Crippen LogP contribution < -0.4 is 0 Å². The molecule has 0 spiro atoms. The van der Waals surface area contributed by atoms with Gasteiger partial charge in [-0.15, -0.1) is 0 Å². The van der Waals surface area contributed by atoms with E-state index in [9.17, 15) is 0 Å². The third-order valence-electron chi connectivity index (χ3n) is 1.91. The molecule has 0 bridgehead atoms. The van der Waals surface area contributed by atoms with Crippen LogP contribution in [0.4, 0.5) is 0 Å². The molecule has 66 valence electrons. The van der Waals surface area contributed by atoms with Crippen molar-refractivity contribution in [3.63, 3.8) is 0 Å². The van der Waals surface area contributed by atoms with Gasteiger partial charge in [0.05, 0.1) is 6.10 Å².